The maximum Gasteiger partial charge on any atom is 0.240 e. The van der Waals surface area contributed by atoms with Crippen LogP contribution in [0.3, 0.4) is 0 Å². The third-order valence-corrected chi connectivity index (χ3v) is 6.83. The first-order chi connectivity index (χ1) is 16.4. The Labute approximate surface area is 196 Å². The molecule has 1 aromatic heterocycles. The molecule has 8 nitrogen and oxygen atoms in total. The standard InChI is InChI=1S/C25H24FN5O3/c1-29-21(32)14-25(24(29)34,17-5-4-6-18(26)13-17)15-22(33)30-9-11-31(12-10-30)23-19-7-2-3-8-20(19)27-16-28-23/h2-8,13,16H,9-12,14-15H2,1H3/t25-/m0/s1. The van der Waals surface area contributed by atoms with Crippen molar-refractivity contribution in [3.63, 3.8) is 0 Å². The molecule has 3 heterocycles. The zero-order valence-corrected chi connectivity index (χ0v) is 18.8. The van der Waals surface area contributed by atoms with Crippen molar-refractivity contribution in [3.8, 4) is 0 Å². The van der Waals surface area contributed by atoms with Crippen molar-refractivity contribution in [2.24, 2.45) is 0 Å². The van der Waals surface area contributed by atoms with Crippen LogP contribution in [0.5, 0.6) is 0 Å². The second-order valence-corrected chi connectivity index (χ2v) is 8.79. The Hall–Kier alpha value is -3.88. The van der Waals surface area contributed by atoms with Crippen molar-refractivity contribution in [3.05, 3.63) is 66.2 Å². The van der Waals surface area contributed by atoms with Gasteiger partial charge >= 0.3 is 0 Å². The molecule has 2 aliphatic rings. The molecule has 3 aromatic rings. The van der Waals surface area contributed by atoms with Crippen LogP contribution in [-0.4, -0.2) is 70.7 Å². The van der Waals surface area contributed by atoms with Gasteiger partial charge in [-0.05, 0) is 29.8 Å². The van der Waals surface area contributed by atoms with E-state index in [4.69, 9.17) is 0 Å². The van der Waals surface area contributed by atoms with Crippen molar-refractivity contribution in [2.75, 3.05) is 38.1 Å². The van der Waals surface area contributed by atoms with E-state index in [9.17, 15) is 18.8 Å². The average Bonchev–Trinajstić information content (AvgIpc) is 3.08. The van der Waals surface area contributed by atoms with Gasteiger partial charge in [-0.25, -0.2) is 14.4 Å². The summed E-state index contributed by atoms with van der Waals surface area (Å²) in [7, 11) is 1.40. The average molecular weight is 461 g/mol. The number of hydrogen-bond donors (Lipinski definition) is 0. The van der Waals surface area contributed by atoms with E-state index in [1.807, 2.05) is 24.3 Å². The summed E-state index contributed by atoms with van der Waals surface area (Å²) in [6.07, 6.45) is 1.21. The first-order valence-corrected chi connectivity index (χ1v) is 11.2. The number of para-hydroxylation sites is 1. The highest BCUT2D eigenvalue weighted by Gasteiger charge is 2.53. The highest BCUT2D eigenvalue weighted by molar-refractivity contribution is 6.10. The second kappa shape index (κ2) is 8.48. The third-order valence-electron chi connectivity index (χ3n) is 6.83. The van der Waals surface area contributed by atoms with E-state index in [0.29, 0.717) is 31.7 Å². The number of imide groups is 1. The molecule has 0 aliphatic carbocycles. The van der Waals surface area contributed by atoms with Crippen LogP contribution >= 0.6 is 0 Å². The fraction of sp³-hybridized carbons (Fsp3) is 0.320. The second-order valence-electron chi connectivity index (χ2n) is 8.79. The first-order valence-electron chi connectivity index (χ1n) is 11.2. The van der Waals surface area contributed by atoms with Crippen LogP contribution in [0.15, 0.2) is 54.9 Å². The predicted molar refractivity (Wildman–Crippen MR) is 123 cm³/mol. The third kappa shape index (κ3) is 3.67. The number of carbonyl (C=O) groups excluding carboxylic acids is 3. The molecular weight excluding hydrogens is 437 g/mol. The van der Waals surface area contributed by atoms with E-state index in [-0.39, 0.29) is 24.7 Å². The van der Waals surface area contributed by atoms with E-state index in [2.05, 4.69) is 14.9 Å². The molecule has 1 atom stereocenters. The lowest BCUT2D eigenvalue weighted by molar-refractivity contribution is -0.141. The van der Waals surface area contributed by atoms with Crippen LogP contribution in [0.25, 0.3) is 10.9 Å². The molecule has 2 aliphatic heterocycles. The van der Waals surface area contributed by atoms with Gasteiger partial charge in [-0.3, -0.25) is 19.3 Å². The van der Waals surface area contributed by atoms with Crippen molar-refractivity contribution in [2.45, 2.75) is 18.3 Å². The van der Waals surface area contributed by atoms with Gasteiger partial charge in [-0.1, -0.05) is 24.3 Å². The number of nitrogens with zero attached hydrogens (tertiary/aromatic N) is 5. The molecule has 0 unspecified atom stereocenters. The summed E-state index contributed by atoms with van der Waals surface area (Å²) in [4.78, 5) is 52.5. The van der Waals surface area contributed by atoms with Crippen LogP contribution in [0.1, 0.15) is 18.4 Å². The Morgan fingerprint density at radius 2 is 1.79 bits per heavy atom. The first kappa shape index (κ1) is 21.9. The molecule has 2 aromatic carbocycles. The topological polar surface area (TPSA) is 86.7 Å². The number of amides is 3. The maximum absolute atomic E-state index is 14.0. The van der Waals surface area contributed by atoms with Gasteiger partial charge in [0.2, 0.25) is 17.7 Å². The molecule has 34 heavy (non-hydrogen) atoms. The number of anilines is 1. The maximum atomic E-state index is 14.0. The summed E-state index contributed by atoms with van der Waals surface area (Å²) in [5, 5.41) is 0.952. The zero-order valence-electron chi connectivity index (χ0n) is 18.8. The fourth-order valence-electron chi connectivity index (χ4n) is 4.92. The summed E-state index contributed by atoms with van der Waals surface area (Å²) in [6.45, 7) is 2.06. The monoisotopic (exact) mass is 461 g/mol. The van der Waals surface area contributed by atoms with Gasteiger partial charge in [0, 0.05) is 51.5 Å². The van der Waals surface area contributed by atoms with E-state index in [1.54, 1.807) is 11.0 Å². The molecular formula is C25H24FN5O3. The van der Waals surface area contributed by atoms with Gasteiger partial charge in [0.25, 0.3) is 0 Å². The van der Waals surface area contributed by atoms with Crippen molar-refractivity contribution < 1.29 is 18.8 Å². The molecule has 0 N–H and O–H groups in total. The highest BCUT2D eigenvalue weighted by Crippen LogP contribution is 2.40. The normalized spacial score (nSPS) is 20.9. The highest BCUT2D eigenvalue weighted by atomic mass is 19.1. The molecule has 0 saturated carbocycles. The van der Waals surface area contributed by atoms with Crippen LogP contribution in [-0.2, 0) is 19.8 Å². The molecule has 2 saturated heterocycles. The number of carbonyl (C=O) groups is 3. The minimum atomic E-state index is -1.38. The van der Waals surface area contributed by atoms with Gasteiger partial charge in [-0.15, -0.1) is 0 Å². The molecule has 3 amide bonds. The largest absolute Gasteiger partial charge is 0.352 e. The van der Waals surface area contributed by atoms with Crippen LogP contribution < -0.4 is 4.90 Å². The Morgan fingerprint density at radius 1 is 1.03 bits per heavy atom. The van der Waals surface area contributed by atoms with Crippen molar-refractivity contribution >= 4 is 34.4 Å². The Balaban J connectivity index is 1.35. The SMILES string of the molecule is CN1C(=O)C[C@](CC(=O)N2CCN(c3ncnc4ccccc34)CC2)(c2cccc(F)c2)C1=O. The summed E-state index contributed by atoms with van der Waals surface area (Å²) < 4.78 is 14.0. The van der Waals surface area contributed by atoms with Gasteiger partial charge in [0.15, 0.2) is 0 Å². The summed E-state index contributed by atoms with van der Waals surface area (Å²) >= 11 is 0. The van der Waals surface area contributed by atoms with Crippen LogP contribution in [0, 0.1) is 5.82 Å². The summed E-state index contributed by atoms with van der Waals surface area (Å²) in [5.41, 5.74) is -0.170. The number of likely N-dealkylation sites (N-methyl/N-ethyl adjacent to an activating group) is 1. The quantitative estimate of drug-likeness (QED) is 0.554. The molecule has 9 heteroatoms. The van der Waals surface area contributed by atoms with E-state index in [1.165, 1.54) is 31.6 Å². The lowest BCUT2D eigenvalue weighted by Gasteiger charge is -2.37. The number of aromatic nitrogens is 2. The number of benzene rings is 2. The smallest absolute Gasteiger partial charge is 0.240 e. The van der Waals surface area contributed by atoms with Gasteiger partial charge in [0.1, 0.15) is 18.0 Å². The number of piperazine rings is 1. The summed E-state index contributed by atoms with van der Waals surface area (Å²) in [6, 6.07) is 13.4. The minimum Gasteiger partial charge on any atom is -0.352 e. The van der Waals surface area contributed by atoms with Crippen molar-refractivity contribution in [1.29, 1.82) is 0 Å². The predicted octanol–water partition coefficient (Wildman–Crippen LogP) is 2.13. The number of halogens is 1. The molecule has 0 bridgehead atoms. The van der Waals surface area contributed by atoms with Gasteiger partial charge in [0.05, 0.1) is 10.9 Å². The number of rotatable bonds is 4. The Morgan fingerprint density at radius 3 is 2.50 bits per heavy atom. The minimum absolute atomic E-state index is 0.148. The van der Waals surface area contributed by atoms with Gasteiger partial charge in [-0.2, -0.15) is 0 Å². The summed E-state index contributed by atoms with van der Waals surface area (Å²) in [5.74, 6) is -0.755. The lowest BCUT2D eigenvalue weighted by atomic mass is 9.75. The van der Waals surface area contributed by atoms with Crippen LogP contribution in [0.4, 0.5) is 10.2 Å². The lowest BCUT2D eigenvalue weighted by Crippen LogP contribution is -2.51. The number of hydrogen-bond acceptors (Lipinski definition) is 6. The van der Waals surface area contributed by atoms with E-state index >= 15 is 0 Å². The van der Waals surface area contributed by atoms with Crippen molar-refractivity contribution in [1.82, 2.24) is 19.8 Å². The Kier molecular flexibility index (Phi) is 5.47. The zero-order chi connectivity index (χ0) is 23.9. The Bertz CT molecular complexity index is 1290. The molecule has 0 spiro atoms. The van der Waals surface area contributed by atoms with E-state index < -0.39 is 17.1 Å². The molecule has 0 radical (unpaired) electrons. The van der Waals surface area contributed by atoms with Gasteiger partial charge < -0.3 is 9.80 Å². The fourth-order valence-corrected chi connectivity index (χ4v) is 4.92. The molecule has 174 valence electrons. The van der Waals surface area contributed by atoms with E-state index in [0.717, 1.165) is 21.6 Å². The molecule has 2 fully saturated rings. The number of fused-ring (bicyclic) bond motifs is 1. The molecule has 5 rings (SSSR count). The van der Waals surface area contributed by atoms with Crippen LogP contribution in [0.2, 0.25) is 0 Å². The number of likely N-dealkylation sites (tertiary alicyclic amines) is 1.